The Bertz CT molecular complexity index is 755. The summed E-state index contributed by atoms with van der Waals surface area (Å²) in [7, 11) is 1.95. The van der Waals surface area contributed by atoms with E-state index >= 15 is 0 Å². The second-order valence-corrected chi connectivity index (χ2v) is 5.73. The predicted octanol–water partition coefficient (Wildman–Crippen LogP) is 4.64. The van der Waals surface area contributed by atoms with E-state index in [9.17, 15) is 4.79 Å². The van der Waals surface area contributed by atoms with Crippen molar-refractivity contribution in [1.29, 1.82) is 0 Å². The Morgan fingerprint density at radius 1 is 1.17 bits per heavy atom. The van der Waals surface area contributed by atoms with Gasteiger partial charge >= 0.3 is 0 Å². The number of fused-ring (bicyclic) bond motifs is 1. The Hall–Kier alpha value is -2.45. The molecule has 0 N–H and O–H groups in total. The van der Waals surface area contributed by atoms with Gasteiger partial charge in [0.15, 0.2) is 5.78 Å². The third-order valence-corrected chi connectivity index (χ3v) is 3.66. The van der Waals surface area contributed by atoms with Crippen LogP contribution in [0.4, 0.5) is 0 Å². The minimum atomic E-state index is 0.144. The van der Waals surface area contributed by atoms with Crippen LogP contribution in [0, 0.1) is 0 Å². The molecule has 0 aliphatic heterocycles. The first kappa shape index (κ1) is 16.9. The lowest BCUT2D eigenvalue weighted by molar-refractivity contribution is 0.0952. The summed E-state index contributed by atoms with van der Waals surface area (Å²) >= 11 is 0. The highest BCUT2D eigenvalue weighted by atomic mass is 16.1. The largest absolute Gasteiger partial charge is 0.295 e. The molecule has 2 heteroatoms. The van der Waals surface area contributed by atoms with Crippen LogP contribution in [0.5, 0.6) is 0 Å². The van der Waals surface area contributed by atoms with Crippen LogP contribution in [0.2, 0.25) is 0 Å². The van der Waals surface area contributed by atoms with Crippen LogP contribution in [0.15, 0.2) is 78.9 Å². The van der Waals surface area contributed by atoms with E-state index in [1.165, 1.54) is 0 Å². The average molecular weight is 305 g/mol. The molecule has 118 valence electrons. The summed E-state index contributed by atoms with van der Waals surface area (Å²) in [6.07, 6.45) is 7.82. The van der Waals surface area contributed by atoms with Crippen molar-refractivity contribution < 1.29 is 4.79 Å². The molecule has 2 rings (SSSR count). The molecule has 0 saturated heterocycles. The van der Waals surface area contributed by atoms with Gasteiger partial charge in [-0.1, -0.05) is 72.9 Å². The van der Waals surface area contributed by atoms with Crippen LogP contribution in [0.1, 0.15) is 17.3 Å². The molecule has 0 aliphatic carbocycles. The van der Waals surface area contributed by atoms with E-state index in [4.69, 9.17) is 0 Å². The lowest BCUT2D eigenvalue weighted by Gasteiger charge is -2.13. The van der Waals surface area contributed by atoms with Gasteiger partial charge in [-0.05, 0) is 30.8 Å². The molecule has 2 nitrogen and oxygen atoms in total. The van der Waals surface area contributed by atoms with Crippen molar-refractivity contribution in [2.45, 2.75) is 6.92 Å². The van der Waals surface area contributed by atoms with Crippen molar-refractivity contribution in [3.63, 3.8) is 0 Å². The van der Waals surface area contributed by atoms with Crippen molar-refractivity contribution in [1.82, 2.24) is 4.90 Å². The summed E-state index contributed by atoms with van der Waals surface area (Å²) in [4.78, 5) is 14.4. The van der Waals surface area contributed by atoms with Crippen LogP contribution in [-0.4, -0.2) is 30.8 Å². The molecule has 0 spiro atoms. The van der Waals surface area contributed by atoms with E-state index in [0.717, 1.165) is 28.5 Å². The molecule has 0 atom stereocenters. The van der Waals surface area contributed by atoms with E-state index in [2.05, 4.69) is 18.7 Å². The number of hydrogen-bond donors (Lipinski definition) is 0. The number of nitrogens with zero attached hydrogens (tertiary/aromatic N) is 1. The number of rotatable bonds is 7. The second-order valence-electron chi connectivity index (χ2n) is 5.73. The summed E-state index contributed by atoms with van der Waals surface area (Å²) in [5.41, 5.74) is 1.91. The number of carbonyl (C=O) groups is 1. The van der Waals surface area contributed by atoms with Crippen molar-refractivity contribution in [2.75, 3.05) is 20.1 Å². The Kier molecular flexibility index (Phi) is 6.07. The molecular weight excluding hydrogens is 282 g/mol. The summed E-state index contributed by atoms with van der Waals surface area (Å²) in [5.74, 6) is 0.144. The van der Waals surface area contributed by atoms with Crippen molar-refractivity contribution in [3.8, 4) is 0 Å². The van der Waals surface area contributed by atoms with Gasteiger partial charge < -0.3 is 0 Å². The van der Waals surface area contributed by atoms with E-state index in [-0.39, 0.29) is 5.78 Å². The van der Waals surface area contributed by atoms with Gasteiger partial charge in [-0.2, -0.15) is 0 Å². The highest BCUT2D eigenvalue weighted by Gasteiger charge is 2.09. The first-order chi connectivity index (χ1) is 11.1. The zero-order valence-electron chi connectivity index (χ0n) is 13.8. The molecule has 2 aromatic carbocycles. The molecule has 0 amide bonds. The first-order valence-corrected chi connectivity index (χ1v) is 7.76. The van der Waals surface area contributed by atoms with Crippen LogP contribution >= 0.6 is 0 Å². The van der Waals surface area contributed by atoms with Crippen molar-refractivity contribution >= 4 is 16.6 Å². The van der Waals surface area contributed by atoms with E-state index in [1.807, 2.05) is 67.4 Å². The quantitative estimate of drug-likeness (QED) is 0.548. The molecule has 0 bridgehead atoms. The molecule has 0 saturated carbocycles. The van der Waals surface area contributed by atoms with Crippen LogP contribution in [0.3, 0.4) is 0 Å². The number of allylic oxidation sites excluding steroid dienone is 4. The van der Waals surface area contributed by atoms with Gasteiger partial charge in [-0.3, -0.25) is 9.69 Å². The number of likely N-dealkylation sites (N-methyl/N-ethyl adjacent to an activating group) is 1. The SMILES string of the molecule is C=C/C=C(C)\C=C\CN(C)CC(=O)c1ccc2ccccc2c1. The summed E-state index contributed by atoms with van der Waals surface area (Å²) in [6, 6.07) is 14.0. The normalized spacial score (nSPS) is 12.2. The van der Waals surface area contributed by atoms with Gasteiger partial charge in [0.25, 0.3) is 0 Å². The Morgan fingerprint density at radius 2 is 1.91 bits per heavy atom. The third kappa shape index (κ3) is 5.04. The van der Waals surface area contributed by atoms with Crippen LogP contribution in [0.25, 0.3) is 10.8 Å². The zero-order chi connectivity index (χ0) is 16.7. The second kappa shape index (κ2) is 8.25. The third-order valence-electron chi connectivity index (χ3n) is 3.66. The van der Waals surface area contributed by atoms with Crippen LogP contribution in [-0.2, 0) is 0 Å². The van der Waals surface area contributed by atoms with Gasteiger partial charge in [0.2, 0.25) is 0 Å². The molecule has 0 unspecified atom stereocenters. The minimum Gasteiger partial charge on any atom is -0.295 e. The van der Waals surface area contributed by atoms with Gasteiger partial charge in [-0.15, -0.1) is 0 Å². The number of Topliss-reactive ketones (excluding diaryl/α,β-unsaturated/α-hetero) is 1. The molecule has 0 aromatic heterocycles. The maximum absolute atomic E-state index is 12.4. The maximum Gasteiger partial charge on any atom is 0.176 e. The fraction of sp³-hybridized carbons (Fsp3) is 0.190. The lowest BCUT2D eigenvalue weighted by Crippen LogP contribution is -2.26. The van der Waals surface area contributed by atoms with Crippen molar-refractivity contribution in [2.24, 2.45) is 0 Å². The minimum absolute atomic E-state index is 0.144. The number of benzene rings is 2. The number of ketones is 1. The predicted molar refractivity (Wildman–Crippen MR) is 98.9 cm³/mol. The topological polar surface area (TPSA) is 20.3 Å². The van der Waals surface area contributed by atoms with Gasteiger partial charge in [-0.25, -0.2) is 0 Å². The summed E-state index contributed by atoms with van der Waals surface area (Å²) in [6.45, 7) is 6.85. The Morgan fingerprint density at radius 3 is 2.65 bits per heavy atom. The van der Waals surface area contributed by atoms with E-state index in [1.54, 1.807) is 6.08 Å². The van der Waals surface area contributed by atoms with Gasteiger partial charge in [0, 0.05) is 12.1 Å². The number of carbonyl (C=O) groups excluding carboxylic acids is 1. The highest BCUT2D eigenvalue weighted by molar-refractivity contribution is 6.01. The standard InChI is InChI=1S/C21H23NO/c1-4-8-17(2)9-7-14-22(3)16-21(23)20-13-12-18-10-5-6-11-19(18)15-20/h4-13,15H,1,14,16H2,2-3H3/b9-7+,17-8-. The average Bonchev–Trinajstić information content (AvgIpc) is 2.54. The fourth-order valence-corrected chi connectivity index (χ4v) is 2.42. The lowest BCUT2D eigenvalue weighted by atomic mass is 10.0. The zero-order valence-corrected chi connectivity index (χ0v) is 13.8. The molecule has 0 heterocycles. The Labute approximate surface area is 138 Å². The first-order valence-electron chi connectivity index (χ1n) is 7.76. The summed E-state index contributed by atoms with van der Waals surface area (Å²) in [5, 5.41) is 2.26. The molecule has 0 fully saturated rings. The molecule has 2 aromatic rings. The van der Waals surface area contributed by atoms with E-state index in [0.29, 0.717) is 6.54 Å². The molecule has 0 aliphatic rings. The van der Waals surface area contributed by atoms with Crippen molar-refractivity contribution in [3.05, 3.63) is 84.5 Å². The molecule has 0 radical (unpaired) electrons. The maximum atomic E-state index is 12.4. The van der Waals surface area contributed by atoms with Gasteiger partial charge in [0.05, 0.1) is 6.54 Å². The van der Waals surface area contributed by atoms with Crippen LogP contribution < -0.4 is 0 Å². The molecular formula is C21H23NO. The van der Waals surface area contributed by atoms with Gasteiger partial charge in [0.1, 0.15) is 0 Å². The Balaban J connectivity index is 1.97. The number of hydrogen-bond acceptors (Lipinski definition) is 2. The smallest absolute Gasteiger partial charge is 0.176 e. The van der Waals surface area contributed by atoms with E-state index < -0.39 is 0 Å². The monoisotopic (exact) mass is 305 g/mol. The summed E-state index contributed by atoms with van der Waals surface area (Å²) < 4.78 is 0. The molecule has 23 heavy (non-hydrogen) atoms. The fourth-order valence-electron chi connectivity index (χ4n) is 2.42. The highest BCUT2D eigenvalue weighted by Crippen LogP contribution is 2.16.